The summed E-state index contributed by atoms with van der Waals surface area (Å²) in [5.74, 6) is -3.20. The van der Waals surface area contributed by atoms with Gasteiger partial charge in [-0.2, -0.15) is 0 Å². The van der Waals surface area contributed by atoms with E-state index in [1.807, 2.05) is 0 Å². The summed E-state index contributed by atoms with van der Waals surface area (Å²) in [5, 5.41) is 28.3. The van der Waals surface area contributed by atoms with Crippen molar-refractivity contribution >= 4 is 32.1 Å². The van der Waals surface area contributed by atoms with Gasteiger partial charge in [0.25, 0.3) is 0 Å². The minimum absolute atomic E-state index is 0.122. The Kier molecular flexibility index (Phi) is 11.6. The number of hydrogen-bond acceptors (Lipinski definition) is 11. The summed E-state index contributed by atoms with van der Waals surface area (Å²) >= 11 is 0. The van der Waals surface area contributed by atoms with Gasteiger partial charge in [-0.25, -0.2) is 9.59 Å². The monoisotopic (exact) mass is 783 g/mol. The number of fused-ring (bicyclic) bond motifs is 5. The van der Waals surface area contributed by atoms with Crippen LogP contribution in [0, 0.1) is 16.7 Å². The van der Waals surface area contributed by atoms with Crippen molar-refractivity contribution in [3.05, 3.63) is 47.0 Å². The van der Waals surface area contributed by atoms with Crippen molar-refractivity contribution in [1.82, 2.24) is 5.32 Å². The van der Waals surface area contributed by atoms with E-state index in [1.54, 1.807) is 58.0 Å². The summed E-state index contributed by atoms with van der Waals surface area (Å²) in [6, 6.07) is 10.5. The lowest BCUT2D eigenvalue weighted by atomic mass is 9.44. The molecule has 6 rings (SSSR count). The maximum Gasteiger partial charge on any atom is 0.408 e. The van der Waals surface area contributed by atoms with E-state index in [9.17, 15) is 24.6 Å². The van der Waals surface area contributed by atoms with Crippen molar-refractivity contribution in [2.45, 2.75) is 166 Å². The second-order valence-electron chi connectivity index (χ2n) is 17.4. The van der Waals surface area contributed by atoms with Gasteiger partial charge in [-0.05, 0) is 68.1 Å². The second kappa shape index (κ2) is 15.3. The Morgan fingerprint density at radius 1 is 0.982 bits per heavy atom. The lowest BCUT2D eigenvalue weighted by molar-refractivity contribution is -0.344. The van der Waals surface area contributed by atoms with E-state index < -0.39 is 90.6 Å². The van der Waals surface area contributed by atoms with Crippen LogP contribution in [-0.2, 0) is 33.0 Å². The van der Waals surface area contributed by atoms with E-state index in [4.69, 9.17) is 23.4 Å². The first kappa shape index (κ1) is 41.5. The van der Waals surface area contributed by atoms with Gasteiger partial charge in [0.15, 0.2) is 25.8 Å². The third kappa shape index (κ3) is 6.79. The Labute approximate surface area is 326 Å². The van der Waals surface area contributed by atoms with Crippen LogP contribution in [0.2, 0.25) is 18.1 Å². The van der Waals surface area contributed by atoms with Gasteiger partial charge in [-0.1, -0.05) is 72.1 Å². The number of ketones is 1. The molecule has 0 radical (unpaired) electrons. The summed E-state index contributed by atoms with van der Waals surface area (Å²) in [7, 11) is -2.52. The lowest BCUT2D eigenvalue weighted by Crippen LogP contribution is -2.82. The van der Waals surface area contributed by atoms with Gasteiger partial charge >= 0.3 is 18.0 Å². The number of Topliss-reactive ketones (excluding diaryl/α,β-unsaturated/α-hetero) is 1. The van der Waals surface area contributed by atoms with Crippen LogP contribution in [0.1, 0.15) is 111 Å². The predicted octanol–water partition coefficient (Wildman–Crippen LogP) is 6.18. The fraction of sp³-hybridized carbons (Fsp3) is 0.714. The minimum Gasteiger partial charge on any atom is -0.455 e. The first-order valence-electron chi connectivity index (χ1n) is 20.3. The molecule has 9 atom stereocenters. The molecular formula is C42H61NO11Si. The first-order chi connectivity index (χ1) is 25.9. The molecule has 1 heterocycles. The van der Waals surface area contributed by atoms with Gasteiger partial charge < -0.3 is 38.9 Å². The molecule has 4 aliphatic carbocycles. The van der Waals surface area contributed by atoms with Gasteiger partial charge in [0.2, 0.25) is 0 Å². The largest absolute Gasteiger partial charge is 0.455 e. The standard InChI is InChI=1S/C42H61NO11Si/c1-9-55(10-2,11-3)54-30-22-31-41(24-50-31,53-26(5)44)34-36(52-37(47)27-18-14-12-15-19-27)42(49)23-29(45)25(4)32(39(42,6)7)33(35(46)40(30,34)8)51-38(48)43-28-20-16-13-17-21-28/h12,14-15,18-19,28-31,33-34,36,45,49H,9-11,13,16-17,20-24H2,1-8H3,(H,43,48)/t29-,30-,31+,33+,34-,36-,40+,41-,42+/m0/s1. The number of hydrogen-bond donors (Lipinski definition) is 3. The summed E-state index contributed by atoms with van der Waals surface area (Å²) in [5.41, 5.74) is -5.93. The SMILES string of the molecule is CC[Si](CC)(CC)O[C@H]1C[C@H]2OC[C@@]2(OC(C)=O)[C@H]2[C@H](OC(=O)c3ccccc3)[C@]3(O)C[C@H](O)C(C)=C([C@@H](OC(=O)NC4CCCCC4)C(=O)[C@]12C)C3(C)C. The van der Waals surface area contributed by atoms with Crippen LogP contribution in [-0.4, -0.2) is 96.7 Å². The Bertz CT molecular complexity index is 1660. The number of carbonyl (C=O) groups is 4. The van der Waals surface area contributed by atoms with E-state index in [1.165, 1.54) is 6.92 Å². The summed E-state index contributed by atoms with van der Waals surface area (Å²) in [6.07, 6.45) is -2.37. The fourth-order valence-electron chi connectivity index (χ4n) is 10.7. The number of amides is 1. The highest BCUT2D eigenvalue weighted by molar-refractivity contribution is 6.73. The second-order valence-corrected chi connectivity index (χ2v) is 22.1. The van der Waals surface area contributed by atoms with E-state index in [0.717, 1.165) is 50.2 Å². The van der Waals surface area contributed by atoms with Crippen LogP contribution in [0.15, 0.2) is 41.5 Å². The van der Waals surface area contributed by atoms with Crippen molar-refractivity contribution in [2.75, 3.05) is 6.61 Å². The van der Waals surface area contributed by atoms with Gasteiger partial charge in [0, 0.05) is 31.2 Å². The van der Waals surface area contributed by atoms with Crippen LogP contribution in [0.3, 0.4) is 0 Å². The number of ether oxygens (including phenoxy) is 4. The number of rotatable bonds is 10. The molecule has 2 bridgehead atoms. The topological polar surface area (TPSA) is 167 Å². The summed E-state index contributed by atoms with van der Waals surface area (Å²) in [6.45, 7) is 14.3. The third-order valence-electron chi connectivity index (χ3n) is 14.4. The smallest absolute Gasteiger partial charge is 0.408 e. The highest BCUT2D eigenvalue weighted by Crippen LogP contribution is 2.65. The predicted molar refractivity (Wildman–Crippen MR) is 206 cm³/mol. The van der Waals surface area contributed by atoms with Gasteiger partial charge in [-0.3, -0.25) is 9.59 Å². The molecule has 1 saturated heterocycles. The van der Waals surface area contributed by atoms with Gasteiger partial charge in [-0.15, -0.1) is 0 Å². The molecule has 55 heavy (non-hydrogen) atoms. The van der Waals surface area contributed by atoms with Crippen LogP contribution in [0.25, 0.3) is 0 Å². The lowest BCUT2D eigenvalue weighted by Gasteiger charge is -2.68. The number of carbonyl (C=O) groups excluding carboxylic acids is 4. The molecule has 1 aliphatic heterocycles. The zero-order valence-corrected chi connectivity index (χ0v) is 34.8. The molecule has 304 valence electrons. The van der Waals surface area contributed by atoms with Crippen molar-refractivity contribution in [2.24, 2.45) is 16.7 Å². The highest BCUT2D eigenvalue weighted by atomic mass is 28.4. The molecule has 0 aromatic heterocycles. The van der Waals surface area contributed by atoms with E-state index >= 15 is 4.79 Å². The summed E-state index contributed by atoms with van der Waals surface area (Å²) in [4.78, 5) is 57.5. The van der Waals surface area contributed by atoms with E-state index in [-0.39, 0.29) is 36.6 Å². The van der Waals surface area contributed by atoms with Crippen molar-refractivity contribution in [1.29, 1.82) is 0 Å². The van der Waals surface area contributed by atoms with Crippen LogP contribution >= 0.6 is 0 Å². The first-order valence-corrected chi connectivity index (χ1v) is 22.9. The Morgan fingerprint density at radius 2 is 1.62 bits per heavy atom. The molecule has 4 fully saturated rings. The summed E-state index contributed by atoms with van der Waals surface area (Å²) < 4.78 is 32.6. The number of benzene rings is 1. The Morgan fingerprint density at radius 3 is 2.18 bits per heavy atom. The molecule has 0 unspecified atom stereocenters. The van der Waals surface area contributed by atoms with Crippen LogP contribution in [0.5, 0.6) is 0 Å². The molecule has 13 heteroatoms. The molecule has 12 nitrogen and oxygen atoms in total. The Hall–Kier alpha value is -3.10. The fourth-order valence-corrected chi connectivity index (χ4v) is 13.7. The highest BCUT2D eigenvalue weighted by Gasteiger charge is 2.78. The number of nitrogens with one attached hydrogen (secondary N) is 1. The van der Waals surface area contributed by atoms with Gasteiger partial charge in [0.05, 0.1) is 35.7 Å². The minimum atomic E-state index is -2.52. The molecule has 3 saturated carbocycles. The molecule has 1 amide bonds. The third-order valence-corrected chi connectivity index (χ3v) is 19.0. The van der Waals surface area contributed by atoms with Crippen molar-refractivity contribution in [3.8, 4) is 0 Å². The molecule has 3 N–H and O–H groups in total. The number of alkyl carbamates (subject to hydrolysis) is 1. The maximum absolute atomic E-state index is 16.1. The molecule has 5 aliphatic rings. The number of esters is 2. The average Bonchev–Trinajstić information content (AvgIpc) is 3.15. The molecule has 1 aromatic carbocycles. The molecule has 0 spiro atoms. The average molecular weight is 784 g/mol. The zero-order chi connectivity index (χ0) is 40.1. The van der Waals surface area contributed by atoms with E-state index in [2.05, 4.69) is 26.1 Å². The molecule has 1 aromatic rings. The number of aliphatic hydroxyl groups is 2. The van der Waals surface area contributed by atoms with Crippen molar-refractivity contribution in [3.63, 3.8) is 0 Å². The van der Waals surface area contributed by atoms with Crippen molar-refractivity contribution < 1.29 is 52.8 Å². The van der Waals surface area contributed by atoms with Gasteiger partial charge in [0.1, 0.15) is 17.8 Å². The quantitative estimate of drug-likeness (QED) is 0.107. The van der Waals surface area contributed by atoms with E-state index in [0.29, 0.717) is 5.57 Å². The normalized spacial score (nSPS) is 35.9. The Balaban J connectivity index is 1.62. The maximum atomic E-state index is 16.1. The van der Waals surface area contributed by atoms with Crippen LogP contribution < -0.4 is 5.32 Å². The molecular weight excluding hydrogens is 723 g/mol. The zero-order valence-electron chi connectivity index (χ0n) is 33.8. The van der Waals surface area contributed by atoms with Crippen LogP contribution in [0.4, 0.5) is 4.79 Å². The number of aliphatic hydroxyl groups excluding tert-OH is 1.